The summed E-state index contributed by atoms with van der Waals surface area (Å²) in [4.78, 5) is 6.14. The molecule has 0 radical (unpaired) electrons. The Labute approximate surface area is 170 Å². The number of halogens is 3. The summed E-state index contributed by atoms with van der Waals surface area (Å²) in [6, 6.07) is 10.4. The van der Waals surface area contributed by atoms with Crippen molar-refractivity contribution in [3.05, 3.63) is 68.6 Å². The second kappa shape index (κ2) is 9.20. The zero-order valence-electron chi connectivity index (χ0n) is 13.9. The number of rotatable bonds is 7. The molecule has 27 heavy (non-hydrogen) atoms. The van der Waals surface area contributed by atoms with Crippen molar-refractivity contribution >= 4 is 44.8 Å². The summed E-state index contributed by atoms with van der Waals surface area (Å²) in [5.74, 6) is 0.0667. The Balaban J connectivity index is 2.04. The molecule has 0 saturated carbocycles. The zero-order valence-corrected chi connectivity index (χ0v) is 17.1. The second-order valence-corrected chi connectivity index (χ2v) is 8.41. The predicted octanol–water partition coefficient (Wildman–Crippen LogP) is 5.61. The normalized spacial score (nSPS) is 12.2. The molecule has 0 aliphatic rings. The Kier molecular flexibility index (Phi) is 6.70. The van der Waals surface area contributed by atoms with Gasteiger partial charge in [0.1, 0.15) is 5.75 Å². The van der Waals surface area contributed by atoms with E-state index in [4.69, 9.17) is 0 Å². The van der Waals surface area contributed by atoms with Crippen LogP contribution in [0.1, 0.15) is 5.56 Å². The van der Waals surface area contributed by atoms with Crippen LogP contribution < -0.4 is 9.54 Å². The summed E-state index contributed by atoms with van der Waals surface area (Å²) in [5.41, 5.74) is 1.31. The van der Waals surface area contributed by atoms with E-state index in [-0.39, 0.29) is 5.75 Å². The van der Waals surface area contributed by atoms with E-state index in [9.17, 15) is 8.78 Å². The number of para-hydroxylation sites is 1. The van der Waals surface area contributed by atoms with Crippen LogP contribution in [0.3, 0.4) is 0 Å². The van der Waals surface area contributed by atoms with Gasteiger partial charge >= 0.3 is 6.61 Å². The largest absolute Gasteiger partial charge is 0.434 e. The first-order valence-corrected chi connectivity index (χ1v) is 10.2. The fraction of sp³-hybridized carbons (Fsp3) is 0.111. The van der Waals surface area contributed by atoms with Gasteiger partial charge in [0.2, 0.25) is 4.80 Å². The fourth-order valence-corrected chi connectivity index (χ4v) is 4.50. The van der Waals surface area contributed by atoms with Crippen LogP contribution in [0, 0.1) is 0 Å². The molecule has 0 saturated heterocycles. The average Bonchev–Trinajstić information content (AvgIpc) is 3.24. The van der Waals surface area contributed by atoms with E-state index in [0.717, 1.165) is 14.4 Å². The SMILES string of the molecule is C=CCN=c1scc(-c2ccc(Br)s2)n1/N=C\c1ccccc1OC(F)F. The maximum absolute atomic E-state index is 12.6. The van der Waals surface area contributed by atoms with E-state index in [1.807, 2.05) is 17.5 Å². The Morgan fingerprint density at radius 2 is 2.07 bits per heavy atom. The molecule has 0 bridgehead atoms. The van der Waals surface area contributed by atoms with Gasteiger partial charge in [-0.15, -0.1) is 29.3 Å². The first-order chi connectivity index (χ1) is 13.1. The van der Waals surface area contributed by atoms with E-state index in [0.29, 0.717) is 16.9 Å². The molecule has 0 aliphatic carbocycles. The topological polar surface area (TPSA) is 38.9 Å². The van der Waals surface area contributed by atoms with E-state index in [1.54, 1.807) is 40.3 Å². The summed E-state index contributed by atoms with van der Waals surface area (Å²) in [5, 5.41) is 6.44. The summed E-state index contributed by atoms with van der Waals surface area (Å²) < 4.78 is 32.5. The van der Waals surface area contributed by atoms with Crippen molar-refractivity contribution in [1.29, 1.82) is 0 Å². The van der Waals surface area contributed by atoms with Gasteiger partial charge in [0.05, 0.1) is 27.1 Å². The fourth-order valence-electron chi connectivity index (χ4n) is 2.19. The first kappa shape index (κ1) is 19.7. The monoisotopic (exact) mass is 469 g/mol. The molecule has 2 aromatic heterocycles. The summed E-state index contributed by atoms with van der Waals surface area (Å²) in [6.45, 7) is 1.23. The van der Waals surface area contributed by atoms with Crippen molar-refractivity contribution in [1.82, 2.24) is 4.68 Å². The highest BCUT2D eigenvalue weighted by Crippen LogP contribution is 2.31. The van der Waals surface area contributed by atoms with Crippen molar-refractivity contribution in [3.8, 4) is 16.3 Å². The van der Waals surface area contributed by atoms with Crippen LogP contribution in [-0.2, 0) is 0 Å². The van der Waals surface area contributed by atoms with Crippen molar-refractivity contribution in [2.45, 2.75) is 6.61 Å². The second-order valence-electron chi connectivity index (χ2n) is 5.11. The first-order valence-electron chi connectivity index (χ1n) is 7.74. The Morgan fingerprint density at radius 3 is 2.78 bits per heavy atom. The van der Waals surface area contributed by atoms with Gasteiger partial charge in [-0.25, -0.2) is 4.68 Å². The third kappa shape index (κ3) is 5.00. The molecule has 140 valence electrons. The minimum absolute atomic E-state index is 0.0667. The van der Waals surface area contributed by atoms with Crippen LogP contribution in [0.2, 0.25) is 0 Å². The molecule has 0 fully saturated rings. The molecular formula is C18H14BrF2N3OS2. The van der Waals surface area contributed by atoms with Crippen LogP contribution in [0.25, 0.3) is 10.6 Å². The third-order valence-corrected chi connectivity index (χ3v) is 5.81. The lowest BCUT2D eigenvalue weighted by molar-refractivity contribution is -0.0499. The van der Waals surface area contributed by atoms with Crippen LogP contribution in [0.15, 0.2) is 68.3 Å². The summed E-state index contributed by atoms with van der Waals surface area (Å²) in [7, 11) is 0. The Hall–Kier alpha value is -2.10. The number of alkyl halides is 2. The van der Waals surface area contributed by atoms with Crippen LogP contribution in [0.4, 0.5) is 8.78 Å². The number of hydrogen-bond acceptors (Lipinski definition) is 5. The van der Waals surface area contributed by atoms with Crippen molar-refractivity contribution in [2.75, 3.05) is 6.54 Å². The number of hydrogen-bond donors (Lipinski definition) is 0. The molecule has 0 aliphatic heterocycles. The maximum atomic E-state index is 12.6. The third-order valence-electron chi connectivity index (χ3n) is 3.31. The lowest BCUT2D eigenvalue weighted by Gasteiger charge is -2.07. The number of aromatic nitrogens is 1. The number of thiophene rings is 1. The molecule has 1 aromatic carbocycles. The standard InChI is InChI=1S/C18H14BrF2N3OS2/c1-2-9-22-18-24(13(11-26-18)15-7-8-16(19)27-15)23-10-12-5-3-4-6-14(12)25-17(20)21/h2-8,10-11,17H,1,9H2/b22-18?,23-10-. The number of benzene rings is 1. The molecule has 0 atom stereocenters. The minimum atomic E-state index is -2.90. The number of thiazole rings is 1. The lowest BCUT2D eigenvalue weighted by Crippen LogP contribution is -2.12. The van der Waals surface area contributed by atoms with Gasteiger partial charge in [0.15, 0.2) is 0 Å². The van der Waals surface area contributed by atoms with Crippen molar-refractivity contribution < 1.29 is 13.5 Å². The smallest absolute Gasteiger partial charge is 0.387 e. The van der Waals surface area contributed by atoms with E-state index < -0.39 is 6.61 Å². The van der Waals surface area contributed by atoms with E-state index >= 15 is 0 Å². The van der Waals surface area contributed by atoms with E-state index in [2.05, 4.69) is 37.3 Å². The highest BCUT2D eigenvalue weighted by molar-refractivity contribution is 9.11. The Bertz CT molecular complexity index is 1020. The lowest BCUT2D eigenvalue weighted by atomic mass is 10.2. The predicted molar refractivity (Wildman–Crippen MR) is 110 cm³/mol. The molecule has 9 heteroatoms. The molecule has 0 spiro atoms. The quantitative estimate of drug-likeness (QED) is 0.327. The molecule has 4 nitrogen and oxygen atoms in total. The van der Waals surface area contributed by atoms with Gasteiger partial charge in [0, 0.05) is 10.9 Å². The van der Waals surface area contributed by atoms with Gasteiger partial charge in [-0.3, -0.25) is 4.99 Å². The molecule has 3 rings (SSSR count). The van der Waals surface area contributed by atoms with Gasteiger partial charge in [-0.05, 0) is 40.2 Å². The summed E-state index contributed by atoms with van der Waals surface area (Å²) in [6.07, 6.45) is 3.18. The molecule has 3 aromatic rings. The highest BCUT2D eigenvalue weighted by atomic mass is 79.9. The molecular weight excluding hydrogens is 456 g/mol. The minimum Gasteiger partial charge on any atom is -0.434 e. The number of nitrogens with zero attached hydrogens (tertiary/aromatic N) is 3. The van der Waals surface area contributed by atoms with E-state index in [1.165, 1.54) is 23.6 Å². The maximum Gasteiger partial charge on any atom is 0.387 e. The van der Waals surface area contributed by atoms with Gasteiger partial charge in [0.25, 0.3) is 0 Å². The molecule has 0 N–H and O–H groups in total. The molecule has 0 unspecified atom stereocenters. The van der Waals surface area contributed by atoms with Gasteiger partial charge < -0.3 is 4.74 Å². The van der Waals surface area contributed by atoms with Crippen LogP contribution in [-0.4, -0.2) is 24.0 Å². The Morgan fingerprint density at radius 1 is 1.26 bits per heavy atom. The molecule has 0 amide bonds. The van der Waals surface area contributed by atoms with Crippen LogP contribution in [0.5, 0.6) is 5.75 Å². The van der Waals surface area contributed by atoms with Crippen molar-refractivity contribution in [2.24, 2.45) is 10.1 Å². The molecule has 2 heterocycles. The number of ether oxygens (including phenoxy) is 1. The van der Waals surface area contributed by atoms with Crippen molar-refractivity contribution in [3.63, 3.8) is 0 Å². The summed E-state index contributed by atoms with van der Waals surface area (Å²) >= 11 is 6.47. The van der Waals surface area contributed by atoms with Crippen LogP contribution >= 0.6 is 38.6 Å². The highest BCUT2D eigenvalue weighted by Gasteiger charge is 2.11. The average molecular weight is 470 g/mol. The zero-order chi connectivity index (χ0) is 19.2. The van der Waals surface area contributed by atoms with Gasteiger partial charge in [-0.1, -0.05) is 18.2 Å². The van der Waals surface area contributed by atoms with Gasteiger partial charge in [-0.2, -0.15) is 13.9 Å².